The van der Waals surface area contributed by atoms with Gasteiger partial charge in [-0.1, -0.05) is 215 Å². The zero-order chi connectivity index (χ0) is 58.3. The van der Waals surface area contributed by atoms with E-state index >= 15 is 0 Å². The number of unbranched alkanes of at least 4 members (excludes halogenated alkanes) is 2. The number of esters is 3. The van der Waals surface area contributed by atoms with Crippen molar-refractivity contribution in [3.63, 3.8) is 0 Å². The van der Waals surface area contributed by atoms with Gasteiger partial charge < -0.3 is 24.2 Å². The molecular weight excluding hydrogens is 1020 g/mol. The SMILES string of the molecule is CC/C=C\C/C=C\C/C=C\C/C=C\C/C=C\C/C=C\CCC(=O)OC(COC(=O)CCC/C=C\C/C=C\C/C=C\C/C=C\C/C=C\CC)COP(=O)(O)OCC(CO)OC(=O)CCC/C=C\C/C=C\C/C=C\C/C=C\C/C=C\CC. The quantitative estimate of drug-likeness (QED) is 0.0197. The predicted octanol–water partition coefficient (Wildman–Crippen LogP) is 17.8. The molecule has 0 amide bonds. The van der Waals surface area contributed by atoms with E-state index in [0.29, 0.717) is 38.5 Å². The Balaban J connectivity index is 5.01. The van der Waals surface area contributed by atoms with Crippen molar-refractivity contribution >= 4 is 25.7 Å². The molecule has 12 heteroatoms. The minimum atomic E-state index is -4.82. The van der Waals surface area contributed by atoms with Crippen LogP contribution in [0.15, 0.2) is 194 Å². The van der Waals surface area contributed by atoms with Gasteiger partial charge in [-0.15, -0.1) is 0 Å². The first kappa shape index (κ1) is 74.3. The Labute approximate surface area is 483 Å². The molecule has 0 spiro atoms. The lowest BCUT2D eigenvalue weighted by atomic mass is 10.2. The maximum absolute atomic E-state index is 12.9. The molecule has 0 aromatic heterocycles. The molecule has 0 aliphatic rings. The lowest BCUT2D eigenvalue weighted by Crippen LogP contribution is -2.30. The first-order chi connectivity index (χ1) is 39.2. The zero-order valence-electron chi connectivity index (χ0n) is 48.9. The van der Waals surface area contributed by atoms with Crippen molar-refractivity contribution in [2.24, 2.45) is 0 Å². The van der Waals surface area contributed by atoms with Crippen LogP contribution in [0, 0.1) is 0 Å². The topological polar surface area (TPSA) is 155 Å². The van der Waals surface area contributed by atoms with Crippen molar-refractivity contribution in [3.8, 4) is 0 Å². The average molecular weight is 1130 g/mol. The molecule has 2 N–H and O–H groups in total. The molecule has 80 heavy (non-hydrogen) atoms. The van der Waals surface area contributed by atoms with E-state index in [9.17, 15) is 28.9 Å². The average Bonchev–Trinajstić information content (AvgIpc) is 3.45. The molecule has 0 heterocycles. The minimum absolute atomic E-state index is 0.0129. The molecule has 0 bridgehead atoms. The zero-order valence-corrected chi connectivity index (χ0v) is 49.8. The third-order valence-corrected chi connectivity index (χ3v) is 12.0. The molecule has 3 unspecified atom stereocenters. The fourth-order valence-electron chi connectivity index (χ4n) is 6.69. The molecule has 0 aromatic rings. The van der Waals surface area contributed by atoms with Crippen molar-refractivity contribution in [1.82, 2.24) is 0 Å². The maximum Gasteiger partial charge on any atom is 0.472 e. The van der Waals surface area contributed by atoms with Gasteiger partial charge in [-0.2, -0.15) is 0 Å². The summed E-state index contributed by atoms with van der Waals surface area (Å²) in [6.45, 7) is 4.05. The molecular formula is C68H101O11P. The Morgan fingerprint density at radius 1 is 0.350 bits per heavy atom. The first-order valence-electron chi connectivity index (χ1n) is 29.3. The van der Waals surface area contributed by atoms with E-state index < -0.39 is 64.4 Å². The number of carbonyl (C=O) groups is 3. The Bertz CT molecular complexity index is 2090. The predicted molar refractivity (Wildman–Crippen MR) is 334 cm³/mol. The van der Waals surface area contributed by atoms with Crippen LogP contribution in [0.3, 0.4) is 0 Å². The van der Waals surface area contributed by atoms with Crippen LogP contribution in [-0.2, 0) is 42.2 Å². The van der Waals surface area contributed by atoms with Gasteiger partial charge in [0.05, 0.1) is 19.8 Å². The van der Waals surface area contributed by atoms with E-state index in [2.05, 4.69) is 179 Å². The third-order valence-electron chi connectivity index (χ3n) is 11.0. The Kier molecular flexibility index (Phi) is 55.2. The molecule has 0 aromatic carbocycles. The summed E-state index contributed by atoms with van der Waals surface area (Å²) in [5.74, 6) is -1.73. The van der Waals surface area contributed by atoms with Crippen LogP contribution in [0.25, 0.3) is 0 Å². The lowest BCUT2D eigenvalue weighted by molar-refractivity contribution is -0.161. The molecule has 3 atom stereocenters. The van der Waals surface area contributed by atoms with Gasteiger partial charge in [0.1, 0.15) is 12.7 Å². The Morgan fingerprint density at radius 3 is 0.938 bits per heavy atom. The van der Waals surface area contributed by atoms with Crippen LogP contribution in [-0.4, -0.2) is 66.5 Å². The van der Waals surface area contributed by atoms with Gasteiger partial charge in [-0.3, -0.25) is 23.4 Å². The summed E-state index contributed by atoms with van der Waals surface area (Å²) >= 11 is 0. The second-order valence-corrected chi connectivity index (χ2v) is 19.8. The van der Waals surface area contributed by atoms with E-state index in [1.165, 1.54) is 0 Å². The second-order valence-electron chi connectivity index (χ2n) is 18.3. The van der Waals surface area contributed by atoms with Crippen LogP contribution in [0.5, 0.6) is 0 Å². The summed E-state index contributed by atoms with van der Waals surface area (Å²) in [7, 11) is -4.82. The van der Waals surface area contributed by atoms with E-state index in [1.54, 1.807) is 0 Å². The number of phosphoric acid groups is 1. The van der Waals surface area contributed by atoms with Crippen molar-refractivity contribution in [2.45, 2.75) is 187 Å². The first-order valence-corrected chi connectivity index (χ1v) is 30.8. The molecule has 444 valence electrons. The number of hydrogen-bond acceptors (Lipinski definition) is 10. The largest absolute Gasteiger partial charge is 0.472 e. The molecule has 0 aliphatic carbocycles. The summed E-state index contributed by atoms with van der Waals surface area (Å²) in [5, 5.41) is 9.82. The smallest absolute Gasteiger partial charge is 0.462 e. The van der Waals surface area contributed by atoms with E-state index in [4.69, 9.17) is 23.3 Å². The highest BCUT2D eigenvalue weighted by Gasteiger charge is 2.28. The summed E-state index contributed by atoms with van der Waals surface area (Å²) in [5.41, 5.74) is 0. The minimum Gasteiger partial charge on any atom is -0.462 e. The summed E-state index contributed by atoms with van der Waals surface area (Å²) in [6, 6.07) is 0. The Morgan fingerprint density at radius 2 is 0.613 bits per heavy atom. The maximum atomic E-state index is 12.9. The van der Waals surface area contributed by atoms with Gasteiger partial charge in [-0.05, 0) is 135 Å². The van der Waals surface area contributed by atoms with E-state index in [1.807, 2.05) is 36.5 Å². The van der Waals surface area contributed by atoms with Crippen LogP contribution in [0.2, 0.25) is 0 Å². The number of aliphatic hydroxyl groups is 1. The highest BCUT2D eigenvalue weighted by Crippen LogP contribution is 2.43. The van der Waals surface area contributed by atoms with Gasteiger partial charge in [0, 0.05) is 19.3 Å². The van der Waals surface area contributed by atoms with Gasteiger partial charge >= 0.3 is 25.7 Å². The fourth-order valence-corrected chi connectivity index (χ4v) is 7.47. The van der Waals surface area contributed by atoms with Gasteiger partial charge in [0.25, 0.3) is 0 Å². The molecule has 0 aliphatic heterocycles. The van der Waals surface area contributed by atoms with Crippen LogP contribution >= 0.6 is 7.82 Å². The van der Waals surface area contributed by atoms with Gasteiger partial charge in [0.2, 0.25) is 0 Å². The van der Waals surface area contributed by atoms with E-state index in [0.717, 1.165) is 96.3 Å². The second kappa shape index (κ2) is 59.4. The molecule has 0 saturated heterocycles. The Hall–Kier alpha value is -5.68. The number of hydrogen-bond donors (Lipinski definition) is 2. The molecule has 0 saturated carbocycles. The standard InChI is InChI=1S/C68H101O11P/c1-4-7-10-13-16-19-22-25-28-31-32-35-38-41-44-47-50-53-56-59-68(72)79-65(61-75-66(70)57-54-51-48-45-42-39-36-33-29-26-23-20-17-14-11-8-5-2)63-77-80(73,74)76-62-64(60-69)78-67(71)58-55-52-49-46-43-40-37-34-30-27-24-21-18-15-12-9-6-3/h7-12,16-21,25-30,32,35-37,39-41,44-46,48-50,53,64-65,69H,4-6,13-15,22-24,31,33-34,38,42-43,47,51-52,54-63H2,1-3H3,(H,73,74)/b10-7-,11-8-,12-9-,19-16-,20-17-,21-18-,28-25-,29-26-,30-27-,35-32-,39-36-,40-37-,44-41-,48-45-,49-46-,53-50-. The fraction of sp³-hybridized carbons (Fsp3) is 0.485. The number of aliphatic hydroxyl groups excluding tert-OH is 1. The summed E-state index contributed by atoms with van der Waals surface area (Å²) < 4.78 is 39.3. The highest BCUT2D eigenvalue weighted by atomic mass is 31.2. The molecule has 0 rings (SSSR count). The van der Waals surface area contributed by atoms with Crippen molar-refractivity contribution in [2.75, 3.05) is 26.4 Å². The van der Waals surface area contributed by atoms with Crippen LogP contribution in [0.1, 0.15) is 175 Å². The number of rotatable bonds is 51. The van der Waals surface area contributed by atoms with Crippen molar-refractivity contribution < 1.29 is 52.2 Å². The van der Waals surface area contributed by atoms with Crippen molar-refractivity contribution in [1.29, 1.82) is 0 Å². The normalized spacial score (nSPS) is 14.7. The van der Waals surface area contributed by atoms with Crippen LogP contribution in [0.4, 0.5) is 0 Å². The van der Waals surface area contributed by atoms with Gasteiger partial charge in [0.15, 0.2) is 6.10 Å². The molecule has 11 nitrogen and oxygen atoms in total. The van der Waals surface area contributed by atoms with Crippen LogP contribution < -0.4 is 0 Å². The monoisotopic (exact) mass is 1120 g/mol. The van der Waals surface area contributed by atoms with Gasteiger partial charge in [-0.25, -0.2) is 4.57 Å². The number of phosphoric ester groups is 1. The molecule has 0 fully saturated rings. The molecule has 0 radical (unpaired) electrons. The third kappa shape index (κ3) is 57.0. The highest BCUT2D eigenvalue weighted by molar-refractivity contribution is 7.47. The summed E-state index contributed by atoms with van der Waals surface area (Å²) in [6.07, 6.45) is 82.8. The number of ether oxygens (including phenoxy) is 3. The summed E-state index contributed by atoms with van der Waals surface area (Å²) in [4.78, 5) is 48.6. The van der Waals surface area contributed by atoms with Crippen molar-refractivity contribution in [3.05, 3.63) is 194 Å². The lowest BCUT2D eigenvalue weighted by Gasteiger charge is -2.21. The number of allylic oxidation sites excluding steroid dienone is 32. The number of carbonyl (C=O) groups excluding carboxylic acids is 3. The van der Waals surface area contributed by atoms with E-state index in [-0.39, 0.29) is 19.3 Å².